The molecule has 2 aromatic rings. The largest absolute Gasteiger partial charge is 0.350 e. The molecule has 144 valence electrons. The molecule has 0 heterocycles. The van der Waals surface area contributed by atoms with E-state index in [2.05, 4.69) is 10.6 Å². The first-order valence-electron chi connectivity index (χ1n) is 8.33. The van der Waals surface area contributed by atoms with E-state index >= 15 is 0 Å². The normalized spacial score (nSPS) is 11.3. The smallest absolute Gasteiger partial charge is 0.251 e. The van der Waals surface area contributed by atoms with Gasteiger partial charge >= 0.3 is 0 Å². The minimum atomic E-state index is -3.63. The average molecular weight is 389 g/mol. The first-order valence-corrected chi connectivity index (χ1v) is 9.77. The quantitative estimate of drug-likeness (QED) is 0.746. The summed E-state index contributed by atoms with van der Waals surface area (Å²) in [5, 5.41) is 5.21. The Labute approximate surface area is 159 Å². The van der Waals surface area contributed by atoms with Crippen LogP contribution in [0.3, 0.4) is 0 Å². The van der Waals surface area contributed by atoms with Gasteiger partial charge in [-0.1, -0.05) is 35.9 Å². The maximum Gasteiger partial charge on any atom is 0.251 e. The van der Waals surface area contributed by atoms with Gasteiger partial charge in [0.1, 0.15) is 0 Å². The van der Waals surface area contributed by atoms with Crippen LogP contribution in [0.25, 0.3) is 0 Å². The van der Waals surface area contributed by atoms with Crippen LogP contribution in [0.1, 0.15) is 21.5 Å². The molecule has 2 N–H and O–H groups in total. The molecule has 2 rings (SSSR count). The van der Waals surface area contributed by atoms with E-state index in [1.807, 2.05) is 31.2 Å². The van der Waals surface area contributed by atoms with Crippen LogP contribution in [-0.2, 0) is 21.4 Å². The summed E-state index contributed by atoms with van der Waals surface area (Å²) < 4.78 is 25.4. The van der Waals surface area contributed by atoms with Crippen molar-refractivity contribution in [3.8, 4) is 0 Å². The number of nitrogens with zero attached hydrogens (tertiary/aromatic N) is 1. The first kappa shape index (κ1) is 20.6. The maximum absolute atomic E-state index is 12.2. The molecule has 0 radical (unpaired) electrons. The van der Waals surface area contributed by atoms with Gasteiger partial charge in [0.25, 0.3) is 5.91 Å². The second-order valence-electron chi connectivity index (χ2n) is 6.26. The fourth-order valence-corrected chi connectivity index (χ4v) is 3.19. The Morgan fingerprint density at radius 1 is 1.00 bits per heavy atom. The lowest BCUT2D eigenvalue weighted by atomic mass is 10.1. The zero-order valence-corrected chi connectivity index (χ0v) is 16.3. The molecule has 0 aliphatic rings. The molecule has 0 fully saturated rings. The van der Waals surface area contributed by atoms with E-state index in [0.717, 1.165) is 15.4 Å². The Bertz CT molecular complexity index is 922. The third-order valence-corrected chi connectivity index (χ3v) is 5.71. The van der Waals surface area contributed by atoms with E-state index in [-0.39, 0.29) is 22.9 Å². The SMILES string of the molecule is Cc1ccc(CNC(=O)CNC(=O)c2cccc(S(=O)(=O)N(C)C)c2)cc1. The van der Waals surface area contributed by atoms with Gasteiger partial charge in [0, 0.05) is 26.2 Å². The summed E-state index contributed by atoms with van der Waals surface area (Å²) in [6, 6.07) is 13.4. The topological polar surface area (TPSA) is 95.6 Å². The highest BCUT2D eigenvalue weighted by Crippen LogP contribution is 2.14. The van der Waals surface area contributed by atoms with Crippen molar-refractivity contribution in [2.24, 2.45) is 0 Å². The number of nitrogens with one attached hydrogen (secondary N) is 2. The van der Waals surface area contributed by atoms with E-state index in [1.54, 1.807) is 0 Å². The Hall–Kier alpha value is -2.71. The van der Waals surface area contributed by atoms with Gasteiger partial charge in [0.2, 0.25) is 15.9 Å². The number of carbonyl (C=O) groups excluding carboxylic acids is 2. The molecular formula is C19H23N3O4S. The molecule has 0 aliphatic heterocycles. The predicted octanol–water partition coefficient (Wildman–Crippen LogP) is 1.29. The third kappa shape index (κ3) is 5.63. The Morgan fingerprint density at radius 2 is 1.67 bits per heavy atom. The van der Waals surface area contributed by atoms with Crippen LogP contribution in [0.2, 0.25) is 0 Å². The Morgan fingerprint density at radius 3 is 2.30 bits per heavy atom. The lowest BCUT2D eigenvalue weighted by Gasteiger charge is -2.12. The summed E-state index contributed by atoms with van der Waals surface area (Å²) in [6.45, 7) is 2.15. The summed E-state index contributed by atoms with van der Waals surface area (Å²) in [4.78, 5) is 24.1. The van der Waals surface area contributed by atoms with Crippen LogP contribution < -0.4 is 10.6 Å². The number of amides is 2. The summed E-state index contributed by atoms with van der Waals surface area (Å²) in [5.74, 6) is -0.850. The van der Waals surface area contributed by atoms with E-state index in [4.69, 9.17) is 0 Å². The van der Waals surface area contributed by atoms with Gasteiger partial charge in [-0.2, -0.15) is 0 Å². The van der Waals surface area contributed by atoms with Crippen molar-refractivity contribution in [1.82, 2.24) is 14.9 Å². The van der Waals surface area contributed by atoms with Gasteiger partial charge < -0.3 is 10.6 Å². The zero-order chi connectivity index (χ0) is 20.0. The van der Waals surface area contributed by atoms with Crippen molar-refractivity contribution in [2.75, 3.05) is 20.6 Å². The maximum atomic E-state index is 12.2. The van der Waals surface area contributed by atoms with Gasteiger partial charge in [0.05, 0.1) is 11.4 Å². The summed E-state index contributed by atoms with van der Waals surface area (Å²) in [5.41, 5.74) is 2.27. The van der Waals surface area contributed by atoms with E-state index < -0.39 is 15.9 Å². The fraction of sp³-hybridized carbons (Fsp3) is 0.263. The monoisotopic (exact) mass is 389 g/mol. The first-order chi connectivity index (χ1) is 12.7. The van der Waals surface area contributed by atoms with Crippen molar-refractivity contribution in [3.63, 3.8) is 0 Å². The number of hydrogen-bond acceptors (Lipinski definition) is 4. The highest BCUT2D eigenvalue weighted by molar-refractivity contribution is 7.89. The minimum absolute atomic E-state index is 0.0176. The molecule has 8 heteroatoms. The molecule has 0 aromatic heterocycles. The highest BCUT2D eigenvalue weighted by Gasteiger charge is 2.18. The molecule has 0 bridgehead atoms. The number of aryl methyl sites for hydroxylation is 1. The number of sulfonamides is 1. The molecule has 0 saturated heterocycles. The molecule has 0 spiro atoms. The standard InChI is InChI=1S/C19H23N3O4S/c1-14-7-9-15(10-8-14)12-20-18(23)13-21-19(24)16-5-4-6-17(11-16)27(25,26)22(2)3/h4-11H,12-13H2,1-3H3,(H,20,23)(H,21,24). The molecule has 0 unspecified atom stereocenters. The fourth-order valence-electron chi connectivity index (χ4n) is 2.24. The predicted molar refractivity (Wildman–Crippen MR) is 103 cm³/mol. The van der Waals surface area contributed by atoms with Crippen molar-refractivity contribution in [3.05, 3.63) is 65.2 Å². The van der Waals surface area contributed by atoms with Crippen molar-refractivity contribution in [1.29, 1.82) is 0 Å². The van der Waals surface area contributed by atoms with Crippen LogP contribution in [0, 0.1) is 6.92 Å². The number of hydrogen-bond donors (Lipinski definition) is 2. The molecule has 0 aliphatic carbocycles. The van der Waals surface area contributed by atoms with E-state index in [9.17, 15) is 18.0 Å². The van der Waals surface area contributed by atoms with Crippen LogP contribution in [0.15, 0.2) is 53.4 Å². The number of benzene rings is 2. The molecule has 7 nitrogen and oxygen atoms in total. The Balaban J connectivity index is 1.91. The van der Waals surface area contributed by atoms with E-state index in [1.165, 1.54) is 38.4 Å². The molecule has 0 atom stereocenters. The molecule has 27 heavy (non-hydrogen) atoms. The van der Waals surface area contributed by atoms with Crippen LogP contribution in [0.5, 0.6) is 0 Å². The van der Waals surface area contributed by atoms with Crippen molar-refractivity contribution in [2.45, 2.75) is 18.4 Å². The third-order valence-electron chi connectivity index (χ3n) is 3.89. The zero-order valence-electron chi connectivity index (χ0n) is 15.5. The van der Waals surface area contributed by atoms with Crippen LogP contribution in [-0.4, -0.2) is 45.2 Å². The Kier molecular flexibility index (Phi) is 6.70. The minimum Gasteiger partial charge on any atom is -0.350 e. The number of rotatable bonds is 7. The lowest BCUT2D eigenvalue weighted by Crippen LogP contribution is -2.36. The molecular weight excluding hydrogens is 366 g/mol. The average Bonchev–Trinajstić information content (AvgIpc) is 2.65. The summed E-state index contributed by atoms with van der Waals surface area (Å²) in [7, 11) is -0.798. The lowest BCUT2D eigenvalue weighted by molar-refractivity contribution is -0.120. The summed E-state index contributed by atoms with van der Waals surface area (Å²) >= 11 is 0. The highest BCUT2D eigenvalue weighted by atomic mass is 32.2. The van der Waals surface area contributed by atoms with Gasteiger partial charge in [0.15, 0.2) is 0 Å². The van der Waals surface area contributed by atoms with Gasteiger partial charge in [-0.25, -0.2) is 12.7 Å². The van der Waals surface area contributed by atoms with Crippen molar-refractivity contribution >= 4 is 21.8 Å². The second kappa shape index (κ2) is 8.79. The molecule has 2 aromatic carbocycles. The van der Waals surface area contributed by atoms with Gasteiger partial charge in [-0.15, -0.1) is 0 Å². The molecule has 2 amide bonds. The van der Waals surface area contributed by atoms with E-state index in [0.29, 0.717) is 6.54 Å². The molecule has 0 saturated carbocycles. The van der Waals surface area contributed by atoms with Crippen molar-refractivity contribution < 1.29 is 18.0 Å². The second-order valence-corrected chi connectivity index (χ2v) is 8.41. The van der Waals surface area contributed by atoms with Gasteiger partial charge in [-0.05, 0) is 30.7 Å². The number of carbonyl (C=O) groups is 2. The summed E-state index contributed by atoms with van der Waals surface area (Å²) in [6.07, 6.45) is 0. The van der Waals surface area contributed by atoms with Crippen LogP contribution >= 0.6 is 0 Å². The van der Waals surface area contributed by atoms with Crippen LogP contribution in [0.4, 0.5) is 0 Å². The van der Waals surface area contributed by atoms with Gasteiger partial charge in [-0.3, -0.25) is 9.59 Å².